The second-order valence-electron chi connectivity index (χ2n) is 6.45. The molecule has 2 heterocycles. The molecule has 0 amide bonds. The van der Waals surface area contributed by atoms with E-state index in [2.05, 4.69) is 15.0 Å². The summed E-state index contributed by atoms with van der Waals surface area (Å²) in [7, 11) is 0. The van der Waals surface area contributed by atoms with Gasteiger partial charge in [0.05, 0.1) is 11.7 Å². The molecule has 2 aromatic heterocycles. The third-order valence-electron chi connectivity index (χ3n) is 3.73. The largest absolute Gasteiger partial charge is 0.440 e. The molecule has 0 saturated heterocycles. The van der Waals surface area contributed by atoms with Crippen LogP contribution in [0.2, 0.25) is 0 Å². The van der Waals surface area contributed by atoms with E-state index in [-0.39, 0.29) is 28.8 Å². The predicted molar refractivity (Wildman–Crippen MR) is 92.2 cm³/mol. The van der Waals surface area contributed by atoms with E-state index in [9.17, 15) is 14.0 Å². The standard InChI is InChI=1S/C18H17FN4O3/c1-18(2,20)17-22-14(13(9-24)15(25)23-17)16-21-8-12(26-16)7-10-3-5-11(19)6-4-10/h3-6,8-9H,7,20H2,1-2H3,(H,22,23,25). The number of benzene rings is 1. The molecule has 0 aliphatic heterocycles. The van der Waals surface area contributed by atoms with E-state index in [1.54, 1.807) is 26.0 Å². The summed E-state index contributed by atoms with van der Waals surface area (Å²) in [5.74, 6) is 0.411. The summed E-state index contributed by atoms with van der Waals surface area (Å²) in [6.45, 7) is 3.34. The molecule has 0 fully saturated rings. The lowest BCUT2D eigenvalue weighted by Gasteiger charge is -2.17. The Bertz CT molecular complexity index is 1000. The minimum Gasteiger partial charge on any atom is -0.440 e. The van der Waals surface area contributed by atoms with E-state index in [1.807, 2.05) is 0 Å². The fourth-order valence-corrected chi connectivity index (χ4v) is 2.36. The first-order chi connectivity index (χ1) is 12.3. The molecule has 0 unspecified atom stereocenters. The maximum atomic E-state index is 13.0. The number of aromatic amines is 1. The molecule has 3 N–H and O–H groups in total. The third-order valence-corrected chi connectivity index (χ3v) is 3.73. The molecule has 3 aromatic rings. The predicted octanol–water partition coefficient (Wildman–Crippen LogP) is 2.16. The Labute approximate surface area is 148 Å². The van der Waals surface area contributed by atoms with Crippen molar-refractivity contribution >= 4 is 6.29 Å². The molecule has 0 radical (unpaired) electrons. The fraction of sp³-hybridized carbons (Fsp3) is 0.222. The van der Waals surface area contributed by atoms with Gasteiger partial charge in [-0.2, -0.15) is 0 Å². The van der Waals surface area contributed by atoms with Gasteiger partial charge in [0.1, 0.15) is 28.7 Å². The molecular weight excluding hydrogens is 339 g/mol. The number of aromatic nitrogens is 3. The van der Waals surface area contributed by atoms with Crippen molar-refractivity contribution in [2.75, 3.05) is 0 Å². The van der Waals surface area contributed by atoms with Crippen LogP contribution in [0.25, 0.3) is 11.6 Å². The summed E-state index contributed by atoms with van der Waals surface area (Å²) in [6.07, 6.45) is 2.25. The first-order valence-corrected chi connectivity index (χ1v) is 7.86. The molecule has 0 atom stereocenters. The average molecular weight is 356 g/mol. The van der Waals surface area contributed by atoms with Gasteiger partial charge in [-0.1, -0.05) is 12.1 Å². The number of hydrogen-bond acceptors (Lipinski definition) is 6. The number of rotatable bonds is 5. The molecule has 3 rings (SSSR count). The number of nitrogens with zero attached hydrogens (tertiary/aromatic N) is 2. The lowest BCUT2D eigenvalue weighted by molar-refractivity contribution is 0.112. The zero-order valence-corrected chi connectivity index (χ0v) is 14.2. The summed E-state index contributed by atoms with van der Waals surface area (Å²) >= 11 is 0. The van der Waals surface area contributed by atoms with Crippen molar-refractivity contribution < 1.29 is 13.6 Å². The summed E-state index contributed by atoms with van der Waals surface area (Å²) in [4.78, 5) is 34.3. The first kappa shape index (κ1) is 17.7. The second kappa shape index (κ2) is 6.64. The normalized spacial score (nSPS) is 11.5. The average Bonchev–Trinajstić information content (AvgIpc) is 3.03. The summed E-state index contributed by atoms with van der Waals surface area (Å²) in [5, 5.41) is 0. The van der Waals surface area contributed by atoms with Crippen LogP contribution in [0.3, 0.4) is 0 Å². The van der Waals surface area contributed by atoms with Crippen molar-refractivity contribution in [3.05, 3.63) is 69.3 Å². The smallest absolute Gasteiger partial charge is 0.262 e. The van der Waals surface area contributed by atoms with Crippen LogP contribution in [-0.4, -0.2) is 21.2 Å². The van der Waals surface area contributed by atoms with E-state index in [4.69, 9.17) is 10.2 Å². The van der Waals surface area contributed by atoms with Crippen molar-refractivity contribution in [1.82, 2.24) is 15.0 Å². The molecular formula is C18H17FN4O3. The molecule has 7 nitrogen and oxygen atoms in total. The Kier molecular flexibility index (Phi) is 4.52. The molecule has 0 saturated carbocycles. The minimum atomic E-state index is -0.918. The quantitative estimate of drug-likeness (QED) is 0.677. The van der Waals surface area contributed by atoms with Gasteiger partial charge in [0.25, 0.3) is 5.56 Å². The first-order valence-electron chi connectivity index (χ1n) is 7.86. The highest BCUT2D eigenvalue weighted by Crippen LogP contribution is 2.22. The van der Waals surface area contributed by atoms with Crippen LogP contribution in [0.4, 0.5) is 4.39 Å². The Morgan fingerprint density at radius 3 is 2.62 bits per heavy atom. The van der Waals surface area contributed by atoms with Gasteiger partial charge in [-0.3, -0.25) is 9.59 Å². The van der Waals surface area contributed by atoms with E-state index in [0.717, 1.165) is 5.56 Å². The van der Waals surface area contributed by atoms with Crippen molar-refractivity contribution in [1.29, 1.82) is 0 Å². The zero-order valence-electron chi connectivity index (χ0n) is 14.2. The zero-order chi connectivity index (χ0) is 18.9. The van der Waals surface area contributed by atoms with E-state index >= 15 is 0 Å². The molecule has 0 bridgehead atoms. The Morgan fingerprint density at radius 1 is 1.31 bits per heavy atom. The molecule has 1 aromatic carbocycles. The Morgan fingerprint density at radius 2 is 2.00 bits per heavy atom. The monoisotopic (exact) mass is 356 g/mol. The highest BCUT2D eigenvalue weighted by Gasteiger charge is 2.23. The summed E-state index contributed by atoms with van der Waals surface area (Å²) < 4.78 is 18.6. The highest BCUT2D eigenvalue weighted by molar-refractivity contribution is 5.82. The third kappa shape index (κ3) is 3.60. The van der Waals surface area contributed by atoms with Crippen molar-refractivity contribution in [2.24, 2.45) is 5.73 Å². The van der Waals surface area contributed by atoms with E-state index in [1.165, 1.54) is 18.3 Å². The van der Waals surface area contributed by atoms with Gasteiger partial charge in [0.15, 0.2) is 6.29 Å². The van der Waals surface area contributed by atoms with Gasteiger partial charge in [-0.15, -0.1) is 0 Å². The molecule has 0 aliphatic carbocycles. The maximum Gasteiger partial charge on any atom is 0.262 e. The van der Waals surface area contributed by atoms with Crippen LogP contribution in [0.1, 0.15) is 41.4 Å². The maximum absolute atomic E-state index is 13.0. The highest BCUT2D eigenvalue weighted by atomic mass is 19.1. The van der Waals surface area contributed by atoms with E-state index in [0.29, 0.717) is 18.5 Å². The van der Waals surface area contributed by atoms with E-state index < -0.39 is 11.1 Å². The topological polar surface area (TPSA) is 115 Å². The van der Waals surface area contributed by atoms with Crippen LogP contribution in [0, 0.1) is 5.82 Å². The SMILES string of the molecule is CC(C)(N)c1nc(-c2ncc(Cc3ccc(F)cc3)o2)c(C=O)c(=O)[nH]1. The number of carbonyl (C=O) groups excluding carboxylic acids is 1. The number of aldehydes is 1. The van der Waals surface area contributed by atoms with Crippen molar-refractivity contribution in [2.45, 2.75) is 25.8 Å². The number of halogens is 1. The Balaban J connectivity index is 2.00. The fourth-order valence-electron chi connectivity index (χ4n) is 2.36. The van der Waals surface area contributed by atoms with Crippen molar-refractivity contribution in [3.63, 3.8) is 0 Å². The number of nitrogens with one attached hydrogen (secondary N) is 1. The number of nitrogens with two attached hydrogens (primary N) is 1. The van der Waals surface area contributed by atoms with Gasteiger partial charge in [-0.25, -0.2) is 14.4 Å². The van der Waals surface area contributed by atoms with Gasteiger partial charge in [0.2, 0.25) is 5.89 Å². The van der Waals surface area contributed by atoms with Crippen molar-refractivity contribution in [3.8, 4) is 11.6 Å². The Hall–Kier alpha value is -3.13. The minimum absolute atomic E-state index is 0.0302. The van der Waals surface area contributed by atoms with Crippen LogP contribution < -0.4 is 11.3 Å². The number of carbonyl (C=O) groups is 1. The molecule has 134 valence electrons. The number of hydrogen-bond donors (Lipinski definition) is 2. The van der Waals surface area contributed by atoms with Gasteiger partial charge in [-0.05, 0) is 31.5 Å². The summed E-state index contributed by atoms with van der Waals surface area (Å²) in [6, 6.07) is 5.97. The van der Waals surface area contributed by atoms with Crippen LogP contribution in [0.15, 0.2) is 39.7 Å². The van der Waals surface area contributed by atoms with Gasteiger partial charge in [0, 0.05) is 6.42 Å². The summed E-state index contributed by atoms with van der Waals surface area (Å²) in [5.41, 5.74) is 5.12. The van der Waals surface area contributed by atoms with Crippen LogP contribution in [0.5, 0.6) is 0 Å². The molecule has 0 spiro atoms. The van der Waals surface area contributed by atoms with Crippen LogP contribution >= 0.6 is 0 Å². The lowest BCUT2D eigenvalue weighted by Crippen LogP contribution is -2.34. The van der Waals surface area contributed by atoms with Gasteiger partial charge >= 0.3 is 0 Å². The number of H-pyrrole nitrogens is 1. The van der Waals surface area contributed by atoms with Gasteiger partial charge < -0.3 is 15.1 Å². The van der Waals surface area contributed by atoms with Crippen LogP contribution in [-0.2, 0) is 12.0 Å². The molecule has 8 heteroatoms. The lowest BCUT2D eigenvalue weighted by atomic mass is 10.1. The number of oxazole rings is 1. The molecule has 0 aliphatic rings. The second-order valence-corrected chi connectivity index (χ2v) is 6.45. The molecule has 26 heavy (non-hydrogen) atoms.